The highest BCUT2D eigenvalue weighted by Crippen LogP contribution is 2.02. The predicted molar refractivity (Wildman–Crippen MR) is 46.1 cm³/mol. The first-order chi connectivity index (χ1) is 6.49. The van der Waals surface area contributed by atoms with Crippen LogP contribution in [0, 0.1) is 0 Å². The van der Waals surface area contributed by atoms with Gasteiger partial charge in [-0.25, -0.2) is 0 Å². The Kier molecular flexibility index (Phi) is 3.32. The van der Waals surface area contributed by atoms with E-state index in [0.29, 0.717) is 5.56 Å². The lowest BCUT2D eigenvalue weighted by atomic mass is 10.1. The van der Waals surface area contributed by atoms with E-state index in [1.807, 2.05) is 0 Å². The number of carbonyl (C=O) groups excluding carboxylic acids is 1. The number of ether oxygens (including phenoxy) is 1. The van der Waals surface area contributed by atoms with E-state index in [2.05, 4.69) is 4.74 Å². The van der Waals surface area contributed by atoms with Crippen molar-refractivity contribution in [3.8, 4) is 0 Å². The summed E-state index contributed by atoms with van der Waals surface area (Å²) in [6, 6.07) is 8.18. The Balaban J connectivity index is 2.52. The molecule has 1 rings (SSSR count). The van der Waals surface area contributed by atoms with Gasteiger partial charge in [0.05, 0.1) is 0 Å². The van der Waals surface area contributed by atoms with E-state index in [0.717, 1.165) is 0 Å². The Morgan fingerprint density at radius 2 is 1.79 bits per heavy atom. The molecule has 0 atom stereocenters. The third kappa shape index (κ3) is 3.63. The molecule has 0 aromatic heterocycles. The zero-order chi connectivity index (χ0) is 10.6. The minimum Gasteiger partial charge on any atom is -0.319 e. The summed E-state index contributed by atoms with van der Waals surface area (Å²) in [5, 5.41) is 25.1. The van der Waals surface area contributed by atoms with Gasteiger partial charge in [-0.05, 0) is 0 Å². The van der Waals surface area contributed by atoms with Gasteiger partial charge in [-0.1, -0.05) is 30.3 Å². The van der Waals surface area contributed by atoms with Crippen LogP contribution in [-0.2, 0) is 4.74 Å². The van der Waals surface area contributed by atoms with E-state index < -0.39 is 18.5 Å². The molecule has 0 aliphatic heterocycles. The van der Waals surface area contributed by atoms with Gasteiger partial charge in [-0.2, -0.15) is 0 Å². The number of ketones is 1. The van der Waals surface area contributed by atoms with Crippen LogP contribution < -0.4 is 0 Å². The van der Waals surface area contributed by atoms with E-state index in [9.17, 15) is 4.79 Å². The highest BCUT2D eigenvalue weighted by atomic mass is 16.9. The molecule has 5 heteroatoms. The van der Waals surface area contributed by atoms with E-state index in [4.69, 9.17) is 15.3 Å². The number of carbonyl (C=O) groups is 1. The lowest BCUT2D eigenvalue weighted by Gasteiger charge is -2.12. The molecule has 3 N–H and O–H groups in total. The van der Waals surface area contributed by atoms with Crippen LogP contribution in [0.4, 0.5) is 0 Å². The molecule has 0 bridgehead atoms. The number of hydrogen-bond donors (Lipinski definition) is 3. The molecule has 0 heterocycles. The zero-order valence-electron chi connectivity index (χ0n) is 7.25. The first kappa shape index (κ1) is 10.8. The van der Waals surface area contributed by atoms with Crippen molar-refractivity contribution in [3.63, 3.8) is 0 Å². The zero-order valence-corrected chi connectivity index (χ0v) is 7.25. The molecular formula is C9H10O5. The van der Waals surface area contributed by atoms with Crippen LogP contribution >= 0.6 is 0 Å². The molecule has 76 valence electrons. The van der Waals surface area contributed by atoms with Crippen LogP contribution in [0.25, 0.3) is 0 Å². The van der Waals surface area contributed by atoms with Gasteiger partial charge in [0.25, 0.3) is 0 Å². The molecular weight excluding hydrogens is 188 g/mol. The highest BCUT2D eigenvalue weighted by molar-refractivity contribution is 5.96. The normalized spacial score (nSPS) is 11.4. The minimum absolute atomic E-state index is 0.372. The van der Waals surface area contributed by atoms with Crippen LogP contribution in [0.1, 0.15) is 10.4 Å². The summed E-state index contributed by atoms with van der Waals surface area (Å²) in [6.07, 6.45) is -3.26. The summed E-state index contributed by atoms with van der Waals surface area (Å²) in [5.74, 6) is -0.452. The smallest absolute Gasteiger partial charge is 0.319 e. The van der Waals surface area contributed by atoms with E-state index in [1.165, 1.54) is 0 Å². The first-order valence-electron chi connectivity index (χ1n) is 3.88. The Bertz CT molecular complexity index is 301. The molecule has 0 saturated carbocycles. The Morgan fingerprint density at radius 3 is 2.29 bits per heavy atom. The van der Waals surface area contributed by atoms with Crippen LogP contribution in [0.2, 0.25) is 0 Å². The molecule has 0 radical (unpaired) electrons. The fourth-order valence-electron chi connectivity index (χ4n) is 0.870. The first-order valence-corrected chi connectivity index (χ1v) is 3.88. The summed E-state index contributed by atoms with van der Waals surface area (Å²) in [7, 11) is 0. The van der Waals surface area contributed by atoms with Gasteiger partial charge >= 0.3 is 6.16 Å². The molecule has 0 spiro atoms. The number of hydrogen-bond acceptors (Lipinski definition) is 5. The van der Waals surface area contributed by atoms with Gasteiger partial charge in [-0.15, -0.1) is 0 Å². The summed E-state index contributed by atoms with van der Waals surface area (Å²) >= 11 is 0. The van der Waals surface area contributed by atoms with Crippen molar-refractivity contribution in [2.75, 3.05) is 6.61 Å². The summed E-state index contributed by atoms with van der Waals surface area (Å²) in [6.45, 7) is -0.604. The van der Waals surface area contributed by atoms with Crippen molar-refractivity contribution in [1.82, 2.24) is 0 Å². The number of Topliss-reactive ketones (excluding diaryl/α,β-unsaturated/α-hetero) is 1. The van der Waals surface area contributed by atoms with Gasteiger partial charge in [0.15, 0.2) is 5.78 Å². The molecule has 0 aliphatic carbocycles. The molecule has 5 nitrogen and oxygen atoms in total. The Hall–Kier alpha value is -1.27. The fraction of sp³-hybridized carbons (Fsp3) is 0.222. The monoisotopic (exact) mass is 198 g/mol. The molecule has 14 heavy (non-hydrogen) atoms. The van der Waals surface area contributed by atoms with Crippen molar-refractivity contribution < 1.29 is 24.9 Å². The molecule has 1 aromatic carbocycles. The minimum atomic E-state index is -3.26. The van der Waals surface area contributed by atoms with Crippen molar-refractivity contribution in [3.05, 3.63) is 35.9 Å². The summed E-state index contributed by atoms with van der Waals surface area (Å²) in [5.41, 5.74) is 0.372. The largest absolute Gasteiger partial charge is 0.405 e. The molecule has 0 aliphatic rings. The third-order valence-corrected chi connectivity index (χ3v) is 1.49. The maximum atomic E-state index is 11.2. The van der Waals surface area contributed by atoms with Crippen molar-refractivity contribution in [1.29, 1.82) is 0 Å². The SMILES string of the molecule is O=C(COC(O)(O)O)c1ccccc1. The molecule has 0 fully saturated rings. The van der Waals surface area contributed by atoms with Gasteiger partial charge in [0, 0.05) is 5.56 Å². The second-order valence-corrected chi connectivity index (χ2v) is 2.65. The molecule has 1 aromatic rings. The van der Waals surface area contributed by atoms with Crippen LogP contribution in [0.15, 0.2) is 30.3 Å². The second-order valence-electron chi connectivity index (χ2n) is 2.65. The third-order valence-electron chi connectivity index (χ3n) is 1.49. The predicted octanol–water partition coefficient (Wildman–Crippen LogP) is -0.526. The lowest BCUT2D eigenvalue weighted by Crippen LogP contribution is -2.33. The average Bonchev–Trinajstić information content (AvgIpc) is 2.14. The van der Waals surface area contributed by atoms with E-state index >= 15 is 0 Å². The summed E-state index contributed by atoms with van der Waals surface area (Å²) < 4.78 is 4.06. The Morgan fingerprint density at radius 1 is 1.21 bits per heavy atom. The number of benzene rings is 1. The van der Waals surface area contributed by atoms with Crippen molar-refractivity contribution in [2.24, 2.45) is 0 Å². The number of rotatable bonds is 4. The topological polar surface area (TPSA) is 87.0 Å². The van der Waals surface area contributed by atoms with Crippen LogP contribution in [-0.4, -0.2) is 33.9 Å². The van der Waals surface area contributed by atoms with E-state index in [-0.39, 0.29) is 0 Å². The van der Waals surface area contributed by atoms with Crippen LogP contribution in [0.5, 0.6) is 0 Å². The van der Waals surface area contributed by atoms with Gasteiger partial charge in [-0.3, -0.25) is 9.53 Å². The van der Waals surface area contributed by atoms with Gasteiger partial charge in [0.1, 0.15) is 6.61 Å². The summed E-state index contributed by atoms with van der Waals surface area (Å²) in [4.78, 5) is 11.2. The quantitative estimate of drug-likeness (QED) is 0.447. The van der Waals surface area contributed by atoms with Crippen molar-refractivity contribution >= 4 is 5.78 Å². The molecule has 0 amide bonds. The lowest BCUT2D eigenvalue weighted by molar-refractivity contribution is -0.450. The molecule has 0 unspecified atom stereocenters. The van der Waals surface area contributed by atoms with Crippen molar-refractivity contribution in [2.45, 2.75) is 6.16 Å². The van der Waals surface area contributed by atoms with Gasteiger partial charge < -0.3 is 15.3 Å². The standard InChI is InChI=1S/C9H10O5/c10-8(6-14-9(11,12)13)7-4-2-1-3-5-7/h1-5,11-13H,6H2. The maximum absolute atomic E-state index is 11.2. The van der Waals surface area contributed by atoms with Gasteiger partial charge in [0.2, 0.25) is 0 Å². The Labute approximate surface area is 80.2 Å². The molecule has 0 saturated heterocycles. The second kappa shape index (κ2) is 4.30. The average molecular weight is 198 g/mol. The highest BCUT2D eigenvalue weighted by Gasteiger charge is 2.21. The van der Waals surface area contributed by atoms with E-state index in [1.54, 1.807) is 30.3 Å². The maximum Gasteiger partial charge on any atom is 0.405 e. The fourth-order valence-corrected chi connectivity index (χ4v) is 0.870. The number of aliphatic hydroxyl groups is 3. The van der Waals surface area contributed by atoms with Crippen LogP contribution in [0.3, 0.4) is 0 Å².